The van der Waals surface area contributed by atoms with E-state index in [2.05, 4.69) is 9.82 Å². The van der Waals surface area contributed by atoms with Gasteiger partial charge in [-0.25, -0.2) is 17.9 Å². The third-order valence-corrected chi connectivity index (χ3v) is 4.80. The highest BCUT2D eigenvalue weighted by atomic mass is 32.2. The third kappa shape index (κ3) is 3.25. The summed E-state index contributed by atoms with van der Waals surface area (Å²) in [5.74, 6) is 0. The number of nitrogens with one attached hydrogen (secondary N) is 1. The molecular weight excluding hydrogens is 306 g/mol. The molecule has 3 heterocycles. The van der Waals surface area contributed by atoms with Gasteiger partial charge in [0.15, 0.2) is 0 Å². The van der Waals surface area contributed by atoms with Gasteiger partial charge in [0.1, 0.15) is 0 Å². The molecule has 2 amide bonds. The van der Waals surface area contributed by atoms with Crippen molar-refractivity contribution in [2.45, 2.75) is 25.4 Å². The summed E-state index contributed by atoms with van der Waals surface area (Å²) in [6, 6.07) is 1.73. The first-order valence-electron chi connectivity index (χ1n) is 7.45. The third-order valence-electron chi connectivity index (χ3n) is 4.11. The summed E-state index contributed by atoms with van der Waals surface area (Å²) in [6.45, 7) is 2.83. The van der Waals surface area contributed by atoms with Gasteiger partial charge in [-0.2, -0.15) is 5.10 Å². The molecule has 1 N–H and O–H groups in total. The highest BCUT2D eigenvalue weighted by Crippen LogP contribution is 2.22. The molecule has 0 radical (unpaired) electrons. The summed E-state index contributed by atoms with van der Waals surface area (Å²) in [7, 11) is -3.27. The summed E-state index contributed by atoms with van der Waals surface area (Å²) >= 11 is 0. The Bertz CT molecular complexity index is 650. The molecule has 9 heteroatoms. The number of hydrogen-bond acceptors (Lipinski definition) is 4. The van der Waals surface area contributed by atoms with Crippen molar-refractivity contribution >= 4 is 16.1 Å². The predicted octanol–water partition coefficient (Wildman–Crippen LogP) is 0.00480. The average molecular weight is 327 g/mol. The van der Waals surface area contributed by atoms with Crippen molar-refractivity contribution in [3.05, 3.63) is 18.0 Å². The second-order valence-corrected chi connectivity index (χ2v) is 7.73. The van der Waals surface area contributed by atoms with Crippen molar-refractivity contribution in [1.82, 2.24) is 24.3 Å². The lowest BCUT2D eigenvalue weighted by Crippen LogP contribution is -2.49. The molecule has 122 valence electrons. The molecule has 3 rings (SSSR count). The molecule has 8 nitrogen and oxygen atoms in total. The van der Waals surface area contributed by atoms with Gasteiger partial charge in [-0.1, -0.05) is 0 Å². The van der Waals surface area contributed by atoms with Gasteiger partial charge in [-0.15, -0.1) is 0 Å². The second-order valence-electron chi connectivity index (χ2n) is 5.90. The minimum absolute atomic E-state index is 0.0364. The smallest absolute Gasteiger partial charge is 0.320 e. The van der Waals surface area contributed by atoms with E-state index in [1.165, 1.54) is 0 Å². The molecule has 1 saturated heterocycles. The zero-order chi connectivity index (χ0) is 15.7. The van der Waals surface area contributed by atoms with Crippen LogP contribution in [0.1, 0.15) is 24.6 Å². The lowest BCUT2D eigenvalue weighted by atomic mass is 10.2. The number of carbonyl (C=O) groups is 1. The van der Waals surface area contributed by atoms with E-state index in [-0.39, 0.29) is 18.6 Å². The lowest BCUT2D eigenvalue weighted by molar-refractivity contribution is 0.136. The van der Waals surface area contributed by atoms with Crippen LogP contribution in [0.2, 0.25) is 0 Å². The SMILES string of the molecule is CS(=O)(=O)NC[C@H]1CN(C(=O)N2CCCC2)Cc2ccnn21. The highest BCUT2D eigenvalue weighted by Gasteiger charge is 2.32. The van der Waals surface area contributed by atoms with E-state index in [1.807, 2.05) is 15.6 Å². The van der Waals surface area contributed by atoms with Crippen LogP contribution in [-0.4, -0.2) is 66.5 Å². The Balaban J connectivity index is 1.74. The van der Waals surface area contributed by atoms with Crippen molar-refractivity contribution in [2.24, 2.45) is 0 Å². The first kappa shape index (κ1) is 15.3. The zero-order valence-electron chi connectivity index (χ0n) is 12.6. The molecule has 1 aromatic heterocycles. The first-order valence-corrected chi connectivity index (χ1v) is 9.34. The number of hydrogen-bond donors (Lipinski definition) is 1. The van der Waals surface area contributed by atoms with Gasteiger partial charge < -0.3 is 9.80 Å². The zero-order valence-corrected chi connectivity index (χ0v) is 13.4. The summed E-state index contributed by atoms with van der Waals surface area (Å²) in [6.07, 6.45) is 4.92. The van der Waals surface area contributed by atoms with Gasteiger partial charge in [0.25, 0.3) is 0 Å². The maximum absolute atomic E-state index is 12.6. The fourth-order valence-corrected chi connectivity index (χ4v) is 3.54. The average Bonchev–Trinajstić information content (AvgIpc) is 3.13. The number of fused-ring (bicyclic) bond motifs is 1. The van der Waals surface area contributed by atoms with E-state index in [0.29, 0.717) is 13.1 Å². The maximum atomic E-state index is 12.6. The number of rotatable bonds is 3. The minimum Gasteiger partial charge on any atom is -0.325 e. The molecule has 1 fully saturated rings. The largest absolute Gasteiger partial charge is 0.325 e. The van der Waals surface area contributed by atoms with Crippen LogP contribution in [0.15, 0.2) is 12.3 Å². The van der Waals surface area contributed by atoms with Crippen LogP contribution >= 0.6 is 0 Å². The number of likely N-dealkylation sites (tertiary alicyclic amines) is 1. The molecule has 2 aliphatic rings. The van der Waals surface area contributed by atoms with Gasteiger partial charge in [0.2, 0.25) is 10.0 Å². The van der Waals surface area contributed by atoms with Gasteiger partial charge in [-0.3, -0.25) is 4.68 Å². The topological polar surface area (TPSA) is 87.5 Å². The number of nitrogens with zero attached hydrogens (tertiary/aromatic N) is 4. The maximum Gasteiger partial charge on any atom is 0.320 e. The molecule has 2 aliphatic heterocycles. The number of amides is 2. The Morgan fingerprint density at radius 3 is 2.77 bits per heavy atom. The van der Waals surface area contributed by atoms with Crippen LogP contribution in [0.25, 0.3) is 0 Å². The van der Waals surface area contributed by atoms with Crippen molar-refractivity contribution in [3.63, 3.8) is 0 Å². The van der Waals surface area contributed by atoms with E-state index in [9.17, 15) is 13.2 Å². The fourth-order valence-electron chi connectivity index (χ4n) is 3.04. The van der Waals surface area contributed by atoms with Gasteiger partial charge in [0.05, 0.1) is 24.5 Å². The molecule has 22 heavy (non-hydrogen) atoms. The normalized spacial score (nSPS) is 22.0. The number of carbonyl (C=O) groups excluding carboxylic acids is 1. The van der Waals surface area contributed by atoms with E-state index >= 15 is 0 Å². The monoisotopic (exact) mass is 327 g/mol. The molecule has 1 aromatic rings. The quantitative estimate of drug-likeness (QED) is 0.847. The van der Waals surface area contributed by atoms with E-state index < -0.39 is 10.0 Å². The van der Waals surface area contributed by atoms with Crippen LogP contribution < -0.4 is 4.72 Å². The standard InChI is InChI=1S/C13H21N5O3S/c1-22(20,21)15-8-12-10-17(9-11-4-5-14-18(11)12)13(19)16-6-2-3-7-16/h4-5,12,15H,2-3,6-10H2,1H3/t12-/m0/s1. The summed E-state index contributed by atoms with van der Waals surface area (Å²) in [4.78, 5) is 16.2. The minimum atomic E-state index is -3.27. The Hall–Kier alpha value is -1.61. The Morgan fingerprint density at radius 1 is 1.36 bits per heavy atom. The van der Waals surface area contributed by atoms with Crippen molar-refractivity contribution in [1.29, 1.82) is 0 Å². The number of aromatic nitrogens is 2. The van der Waals surface area contributed by atoms with Crippen LogP contribution in [0.5, 0.6) is 0 Å². The number of urea groups is 1. The fraction of sp³-hybridized carbons (Fsp3) is 0.692. The Labute approximate surface area is 130 Å². The second kappa shape index (κ2) is 5.88. The number of sulfonamides is 1. The Kier molecular flexibility index (Phi) is 4.09. The van der Waals surface area contributed by atoms with Crippen LogP contribution in [0.3, 0.4) is 0 Å². The van der Waals surface area contributed by atoms with Crippen LogP contribution in [0.4, 0.5) is 4.79 Å². The molecule has 0 bridgehead atoms. The lowest BCUT2D eigenvalue weighted by Gasteiger charge is -2.36. The van der Waals surface area contributed by atoms with Crippen LogP contribution in [0, 0.1) is 0 Å². The molecule has 1 atom stereocenters. The van der Waals surface area contributed by atoms with Gasteiger partial charge >= 0.3 is 6.03 Å². The van der Waals surface area contributed by atoms with Gasteiger partial charge in [0, 0.05) is 32.4 Å². The molecule has 0 aliphatic carbocycles. The van der Waals surface area contributed by atoms with E-state index in [1.54, 1.807) is 11.1 Å². The predicted molar refractivity (Wildman–Crippen MR) is 80.7 cm³/mol. The molecular formula is C13H21N5O3S. The van der Waals surface area contributed by atoms with Crippen molar-refractivity contribution in [3.8, 4) is 0 Å². The van der Waals surface area contributed by atoms with E-state index in [4.69, 9.17) is 0 Å². The van der Waals surface area contributed by atoms with Crippen molar-refractivity contribution < 1.29 is 13.2 Å². The summed E-state index contributed by atoms with van der Waals surface area (Å²) < 4.78 is 27.0. The van der Waals surface area contributed by atoms with Crippen LogP contribution in [-0.2, 0) is 16.6 Å². The Morgan fingerprint density at radius 2 is 2.09 bits per heavy atom. The van der Waals surface area contributed by atoms with Gasteiger partial charge in [-0.05, 0) is 18.9 Å². The summed E-state index contributed by atoms with van der Waals surface area (Å²) in [5.41, 5.74) is 0.930. The molecule has 0 aromatic carbocycles. The summed E-state index contributed by atoms with van der Waals surface area (Å²) in [5, 5.41) is 4.26. The molecule has 0 unspecified atom stereocenters. The first-order chi connectivity index (χ1) is 10.4. The van der Waals surface area contributed by atoms with E-state index in [0.717, 1.165) is 37.9 Å². The molecule has 0 spiro atoms. The molecule has 0 saturated carbocycles. The van der Waals surface area contributed by atoms with Crippen molar-refractivity contribution in [2.75, 3.05) is 32.4 Å². The highest BCUT2D eigenvalue weighted by molar-refractivity contribution is 7.88.